The Bertz CT molecular complexity index is 929. The van der Waals surface area contributed by atoms with Crippen LogP contribution >= 0.6 is 11.6 Å². The molecule has 0 N–H and O–H groups in total. The highest BCUT2D eigenvalue weighted by Gasteiger charge is 2.05. The maximum absolute atomic E-state index is 6.22. The number of nitrogens with zero attached hydrogens (tertiary/aromatic N) is 4. The Morgan fingerprint density at radius 3 is 2.85 bits per heavy atom. The van der Waals surface area contributed by atoms with Gasteiger partial charge in [-0.15, -0.1) is 0 Å². The fourth-order valence-electron chi connectivity index (χ4n) is 2.25. The van der Waals surface area contributed by atoms with E-state index in [0.29, 0.717) is 5.02 Å². The molecule has 20 heavy (non-hydrogen) atoms. The smallest absolute Gasteiger partial charge is 0.154 e. The Morgan fingerprint density at radius 1 is 0.950 bits per heavy atom. The van der Waals surface area contributed by atoms with Gasteiger partial charge < -0.3 is 0 Å². The van der Waals surface area contributed by atoms with Gasteiger partial charge >= 0.3 is 0 Å². The average molecular weight is 281 g/mol. The predicted molar refractivity (Wildman–Crippen MR) is 78.7 cm³/mol. The Balaban J connectivity index is 1.94. The molecule has 0 unspecified atom stereocenters. The number of halogens is 1. The van der Waals surface area contributed by atoms with Gasteiger partial charge in [0.25, 0.3) is 0 Å². The van der Waals surface area contributed by atoms with Crippen LogP contribution in [-0.2, 0) is 0 Å². The molecular formula is C15H9ClN4. The second-order valence-corrected chi connectivity index (χ2v) is 4.91. The topological polar surface area (TPSA) is 43.1 Å². The van der Waals surface area contributed by atoms with E-state index in [1.54, 1.807) is 23.0 Å². The largest absolute Gasteiger partial charge is 0.256 e. The summed E-state index contributed by atoms with van der Waals surface area (Å²) in [7, 11) is 0. The molecule has 0 atom stereocenters. The SMILES string of the molecule is Clc1ccnc2ccc(-c3cnc4ccnn4c3)cc12. The van der Waals surface area contributed by atoms with Gasteiger partial charge in [-0.25, -0.2) is 9.50 Å². The highest BCUT2D eigenvalue weighted by Crippen LogP contribution is 2.27. The Labute approximate surface area is 119 Å². The van der Waals surface area contributed by atoms with Gasteiger partial charge in [0.2, 0.25) is 0 Å². The van der Waals surface area contributed by atoms with Crippen LogP contribution in [0.3, 0.4) is 0 Å². The molecule has 4 aromatic rings. The van der Waals surface area contributed by atoms with Crippen LogP contribution in [0.5, 0.6) is 0 Å². The number of hydrogen-bond acceptors (Lipinski definition) is 3. The summed E-state index contributed by atoms with van der Waals surface area (Å²) in [6.45, 7) is 0. The van der Waals surface area contributed by atoms with E-state index in [9.17, 15) is 0 Å². The molecule has 4 nitrogen and oxygen atoms in total. The van der Waals surface area contributed by atoms with Crippen LogP contribution in [0.1, 0.15) is 0 Å². The molecule has 1 aromatic carbocycles. The van der Waals surface area contributed by atoms with E-state index in [0.717, 1.165) is 27.7 Å². The van der Waals surface area contributed by atoms with Gasteiger partial charge in [0.1, 0.15) is 0 Å². The summed E-state index contributed by atoms with van der Waals surface area (Å²) in [6.07, 6.45) is 7.23. The first-order valence-corrected chi connectivity index (χ1v) is 6.53. The average Bonchev–Trinajstić information content (AvgIpc) is 2.95. The number of fused-ring (bicyclic) bond motifs is 2. The van der Waals surface area contributed by atoms with Crippen molar-refractivity contribution < 1.29 is 0 Å². The maximum atomic E-state index is 6.22. The number of rotatable bonds is 1. The lowest BCUT2D eigenvalue weighted by molar-refractivity contribution is 0.941. The second-order valence-electron chi connectivity index (χ2n) is 4.50. The van der Waals surface area contributed by atoms with E-state index in [4.69, 9.17) is 11.6 Å². The van der Waals surface area contributed by atoms with Gasteiger partial charge in [-0.2, -0.15) is 5.10 Å². The molecule has 0 saturated carbocycles. The maximum Gasteiger partial charge on any atom is 0.154 e. The van der Waals surface area contributed by atoms with E-state index in [-0.39, 0.29) is 0 Å². The molecule has 0 spiro atoms. The van der Waals surface area contributed by atoms with Crippen LogP contribution < -0.4 is 0 Å². The molecule has 0 aliphatic rings. The minimum absolute atomic E-state index is 0.699. The Kier molecular flexibility index (Phi) is 2.44. The van der Waals surface area contributed by atoms with Crippen LogP contribution in [0.2, 0.25) is 5.02 Å². The quantitative estimate of drug-likeness (QED) is 0.535. The van der Waals surface area contributed by atoms with Crippen molar-refractivity contribution >= 4 is 28.2 Å². The molecular weight excluding hydrogens is 272 g/mol. The lowest BCUT2D eigenvalue weighted by Crippen LogP contribution is -1.91. The Hall–Kier alpha value is -2.46. The summed E-state index contributed by atoms with van der Waals surface area (Å²) < 4.78 is 1.75. The van der Waals surface area contributed by atoms with Crippen molar-refractivity contribution in [2.45, 2.75) is 0 Å². The van der Waals surface area contributed by atoms with Crippen molar-refractivity contribution in [1.29, 1.82) is 0 Å². The minimum atomic E-state index is 0.699. The van der Waals surface area contributed by atoms with Gasteiger partial charge in [0, 0.05) is 35.6 Å². The fraction of sp³-hybridized carbons (Fsp3) is 0. The molecule has 0 amide bonds. The first-order valence-electron chi connectivity index (χ1n) is 6.15. The Morgan fingerprint density at radius 2 is 1.90 bits per heavy atom. The van der Waals surface area contributed by atoms with Crippen LogP contribution in [-0.4, -0.2) is 19.6 Å². The molecule has 0 fully saturated rings. The van der Waals surface area contributed by atoms with Gasteiger partial charge in [-0.3, -0.25) is 4.98 Å². The molecule has 4 rings (SSSR count). The zero-order chi connectivity index (χ0) is 13.5. The molecule has 0 saturated heterocycles. The summed E-state index contributed by atoms with van der Waals surface area (Å²) in [4.78, 5) is 8.67. The molecule has 3 aromatic heterocycles. The third-order valence-corrected chi connectivity index (χ3v) is 3.60. The lowest BCUT2D eigenvalue weighted by atomic mass is 10.1. The highest BCUT2D eigenvalue weighted by molar-refractivity contribution is 6.35. The molecule has 0 radical (unpaired) electrons. The van der Waals surface area contributed by atoms with Crippen LogP contribution in [0, 0.1) is 0 Å². The molecule has 3 heterocycles. The zero-order valence-corrected chi connectivity index (χ0v) is 11.1. The first kappa shape index (κ1) is 11.4. The number of aromatic nitrogens is 4. The van der Waals surface area contributed by atoms with Gasteiger partial charge in [0.15, 0.2) is 5.65 Å². The standard InChI is InChI=1S/C15H9ClN4/c16-13-3-5-17-14-2-1-10(7-12(13)14)11-8-18-15-4-6-19-20(15)9-11/h1-9H. The van der Waals surface area contributed by atoms with Crippen LogP contribution in [0.15, 0.2) is 55.1 Å². The molecule has 96 valence electrons. The zero-order valence-electron chi connectivity index (χ0n) is 10.4. The normalized spacial score (nSPS) is 11.2. The van der Waals surface area contributed by atoms with Crippen LogP contribution in [0.4, 0.5) is 0 Å². The number of hydrogen-bond donors (Lipinski definition) is 0. The van der Waals surface area contributed by atoms with E-state index < -0.39 is 0 Å². The van der Waals surface area contributed by atoms with E-state index in [2.05, 4.69) is 15.1 Å². The predicted octanol–water partition coefficient (Wildman–Crippen LogP) is 3.60. The van der Waals surface area contributed by atoms with E-state index in [1.807, 2.05) is 36.7 Å². The van der Waals surface area contributed by atoms with Gasteiger partial charge in [0.05, 0.1) is 16.7 Å². The van der Waals surface area contributed by atoms with E-state index >= 15 is 0 Å². The third-order valence-electron chi connectivity index (χ3n) is 3.27. The fourth-order valence-corrected chi connectivity index (χ4v) is 2.46. The van der Waals surface area contributed by atoms with Gasteiger partial charge in [-0.05, 0) is 23.8 Å². The minimum Gasteiger partial charge on any atom is -0.256 e. The molecule has 0 aliphatic heterocycles. The van der Waals surface area contributed by atoms with Crippen molar-refractivity contribution in [1.82, 2.24) is 19.6 Å². The summed E-state index contributed by atoms with van der Waals surface area (Å²) in [5.74, 6) is 0. The lowest BCUT2D eigenvalue weighted by Gasteiger charge is -2.05. The summed E-state index contributed by atoms with van der Waals surface area (Å²) in [5.41, 5.74) is 3.74. The number of benzene rings is 1. The van der Waals surface area contributed by atoms with Crippen LogP contribution in [0.25, 0.3) is 27.7 Å². The molecule has 5 heteroatoms. The first-order chi connectivity index (χ1) is 9.81. The summed E-state index contributed by atoms with van der Waals surface area (Å²) in [5, 5.41) is 5.84. The second kappa shape index (κ2) is 4.28. The van der Waals surface area contributed by atoms with E-state index in [1.165, 1.54) is 0 Å². The molecule has 0 bridgehead atoms. The number of pyridine rings is 1. The third kappa shape index (κ3) is 1.73. The van der Waals surface area contributed by atoms with Crippen molar-refractivity contribution in [3.63, 3.8) is 0 Å². The van der Waals surface area contributed by atoms with Crippen molar-refractivity contribution in [2.24, 2.45) is 0 Å². The summed E-state index contributed by atoms with van der Waals surface area (Å²) >= 11 is 6.22. The van der Waals surface area contributed by atoms with Crippen molar-refractivity contribution in [2.75, 3.05) is 0 Å². The van der Waals surface area contributed by atoms with Crippen molar-refractivity contribution in [3.8, 4) is 11.1 Å². The monoisotopic (exact) mass is 280 g/mol. The van der Waals surface area contributed by atoms with Gasteiger partial charge in [-0.1, -0.05) is 17.7 Å². The molecule has 0 aliphatic carbocycles. The highest BCUT2D eigenvalue weighted by atomic mass is 35.5. The van der Waals surface area contributed by atoms with Crippen molar-refractivity contribution in [3.05, 3.63) is 60.1 Å². The summed E-state index contributed by atoms with van der Waals surface area (Å²) in [6, 6.07) is 9.66.